The molecule has 1 unspecified atom stereocenters. The van der Waals surface area contributed by atoms with E-state index in [0.717, 1.165) is 12.0 Å². The predicted molar refractivity (Wildman–Crippen MR) is 108 cm³/mol. The molecule has 0 spiro atoms. The summed E-state index contributed by atoms with van der Waals surface area (Å²) >= 11 is 6.05. The maximum Gasteiger partial charge on any atom is 0.200 e. The van der Waals surface area contributed by atoms with E-state index in [-0.39, 0.29) is 18.6 Å². The van der Waals surface area contributed by atoms with Gasteiger partial charge < -0.3 is 15.8 Å². The van der Waals surface area contributed by atoms with Crippen LogP contribution in [-0.2, 0) is 0 Å². The van der Waals surface area contributed by atoms with Gasteiger partial charge in [-0.25, -0.2) is 4.99 Å². The lowest BCUT2D eigenvalue weighted by Crippen LogP contribution is -2.50. The molecule has 138 valence electrons. The number of benzene rings is 2. The van der Waals surface area contributed by atoms with Crippen LogP contribution in [0.3, 0.4) is 0 Å². The molecule has 26 heavy (non-hydrogen) atoms. The quantitative estimate of drug-likeness (QED) is 0.658. The lowest BCUT2D eigenvalue weighted by molar-refractivity contribution is 0.313. The summed E-state index contributed by atoms with van der Waals surface area (Å²) in [7, 11) is 0. The first-order valence-electron chi connectivity index (χ1n) is 8.06. The largest absolute Gasteiger partial charge is 0.492 e. The molecular formula is C18H21Cl2N5O. The predicted octanol–water partition coefficient (Wildman–Crippen LogP) is 3.09. The Balaban J connectivity index is 0.00000243. The van der Waals surface area contributed by atoms with E-state index in [1.54, 1.807) is 6.07 Å². The van der Waals surface area contributed by atoms with Gasteiger partial charge in [0.15, 0.2) is 18.1 Å². The summed E-state index contributed by atoms with van der Waals surface area (Å²) in [6.07, 6.45) is 0.520. The average molecular weight is 394 g/mol. The molecule has 0 aromatic heterocycles. The third-order valence-electron chi connectivity index (χ3n) is 3.57. The number of ether oxygens (including phenoxy) is 1. The Morgan fingerprint density at radius 1 is 1.12 bits per heavy atom. The number of nitrogens with one attached hydrogen (secondary N) is 2. The highest BCUT2D eigenvalue weighted by atomic mass is 35.5. The van der Waals surface area contributed by atoms with Crippen LogP contribution in [0.15, 0.2) is 64.6 Å². The first-order valence-corrected chi connectivity index (χ1v) is 8.44. The minimum atomic E-state index is -0.236. The smallest absolute Gasteiger partial charge is 0.200 e. The summed E-state index contributed by atoms with van der Waals surface area (Å²) in [5, 5.41) is 6.78. The van der Waals surface area contributed by atoms with Gasteiger partial charge in [-0.15, -0.1) is 12.4 Å². The molecule has 8 heteroatoms. The molecular weight excluding hydrogens is 373 g/mol. The Labute approximate surface area is 163 Å². The van der Waals surface area contributed by atoms with E-state index in [1.807, 2.05) is 48.5 Å². The second kappa shape index (κ2) is 9.89. The topological polar surface area (TPSA) is 84.0 Å². The first-order chi connectivity index (χ1) is 12.2. The molecule has 4 N–H and O–H groups in total. The van der Waals surface area contributed by atoms with Gasteiger partial charge in [0.05, 0.1) is 11.6 Å². The van der Waals surface area contributed by atoms with Crippen molar-refractivity contribution in [3.05, 3.63) is 65.2 Å². The monoisotopic (exact) mass is 393 g/mol. The summed E-state index contributed by atoms with van der Waals surface area (Å²) < 4.78 is 5.65. The van der Waals surface area contributed by atoms with Crippen LogP contribution in [0.2, 0.25) is 5.02 Å². The van der Waals surface area contributed by atoms with E-state index in [2.05, 4.69) is 20.6 Å². The molecule has 2 aromatic rings. The number of aliphatic imine (C=N–C) groups is 2. The molecule has 0 saturated carbocycles. The van der Waals surface area contributed by atoms with E-state index in [9.17, 15) is 0 Å². The number of nitrogens with two attached hydrogens (primary N) is 1. The van der Waals surface area contributed by atoms with Crippen LogP contribution in [0, 0.1) is 0 Å². The minimum Gasteiger partial charge on any atom is -0.492 e. The Bertz CT molecular complexity index is 767. The highest BCUT2D eigenvalue weighted by Gasteiger charge is 2.17. The lowest BCUT2D eigenvalue weighted by Gasteiger charge is -2.24. The second-order valence-electron chi connectivity index (χ2n) is 5.46. The molecule has 0 fully saturated rings. The molecule has 2 aromatic carbocycles. The van der Waals surface area contributed by atoms with E-state index in [0.29, 0.717) is 35.8 Å². The van der Waals surface area contributed by atoms with Gasteiger partial charge in [0.1, 0.15) is 5.75 Å². The number of rotatable bonds is 6. The van der Waals surface area contributed by atoms with Crippen molar-refractivity contribution in [2.75, 3.05) is 13.2 Å². The number of hydrogen-bond acceptors (Lipinski definition) is 4. The van der Waals surface area contributed by atoms with E-state index >= 15 is 0 Å². The van der Waals surface area contributed by atoms with Crippen LogP contribution in [0.5, 0.6) is 5.75 Å². The molecule has 1 heterocycles. The molecule has 1 aliphatic heterocycles. The summed E-state index contributed by atoms with van der Waals surface area (Å²) in [5.74, 6) is 1.64. The van der Waals surface area contributed by atoms with Gasteiger partial charge in [-0.05, 0) is 17.7 Å². The normalized spacial score (nSPS) is 17.5. The number of halogens is 2. The molecule has 6 nitrogen and oxygen atoms in total. The maximum atomic E-state index is 6.05. The molecule has 0 amide bonds. The van der Waals surface area contributed by atoms with Gasteiger partial charge in [0.25, 0.3) is 0 Å². The van der Waals surface area contributed by atoms with Crippen LogP contribution >= 0.6 is 24.0 Å². The van der Waals surface area contributed by atoms with Crippen molar-refractivity contribution in [2.24, 2.45) is 15.7 Å². The highest BCUT2D eigenvalue weighted by molar-refractivity contribution is 6.32. The Hall–Kier alpha value is -2.44. The SMILES string of the molecule is Cl.NC1=NC(c2ccccc2)NC(=NCCCOc2ccccc2Cl)N1. The Kier molecular flexibility index (Phi) is 7.56. The van der Waals surface area contributed by atoms with Crippen molar-refractivity contribution in [2.45, 2.75) is 12.6 Å². The van der Waals surface area contributed by atoms with E-state index < -0.39 is 0 Å². The van der Waals surface area contributed by atoms with Crippen molar-refractivity contribution in [1.29, 1.82) is 0 Å². The van der Waals surface area contributed by atoms with Gasteiger partial charge in [0.2, 0.25) is 0 Å². The highest BCUT2D eigenvalue weighted by Crippen LogP contribution is 2.23. The summed E-state index contributed by atoms with van der Waals surface area (Å²) in [6, 6.07) is 17.3. The number of hydrogen-bond donors (Lipinski definition) is 3. The number of para-hydroxylation sites is 1. The third-order valence-corrected chi connectivity index (χ3v) is 3.88. The van der Waals surface area contributed by atoms with Crippen LogP contribution in [0.25, 0.3) is 0 Å². The fourth-order valence-corrected chi connectivity index (χ4v) is 2.56. The average Bonchev–Trinajstić information content (AvgIpc) is 2.63. The van der Waals surface area contributed by atoms with Crippen molar-refractivity contribution in [3.8, 4) is 5.75 Å². The standard InChI is InChI=1S/C18H20ClN5O.ClH/c19-14-9-4-5-10-15(14)25-12-6-11-21-18-23-16(22-17(20)24-18)13-7-2-1-3-8-13;/h1-5,7-10,16H,6,11-12H2,(H4,20,21,22,23,24);1H. The van der Waals surface area contributed by atoms with Crippen LogP contribution in [0.1, 0.15) is 18.2 Å². The van der Waals surface area contributed by atoms with Crippen LogP contribution in [0.4, 0.5) is 0 Å². The zero-order chi connectivity index (χ0) is 17.5. The molecule has 0 saturated heterocycles. The van der Waals surface area contributed by atoms with Crippen LogP contribution in [-0.4, -0.2) is 25.1 Å². The molecule has 0 bridgehead atoms. The first kappa shape index (κ1) is 19.9. The molecule has 0 aliphatic carbocycles. The van der Waals surface area contributed by atoms with Crippen LogP contribution < -0.4 is 21.1 Å². The number of guanidine groups is 2. The van der Waals surface area contributed by atoms with Crippen molar-refractivity contribution >= 4 is 35.9 Å². The summed E-state index contributed by atoms with van der Waals surface area (Å²) in [4.78, 5) is 8.83. The fraction of sp³-hybridized carbons (Fsp3) is 0.222. The second-order valence-corrected chi connectivity index (χ2v) is 5.87. The van der Waals surface area contributed by atoms with E-state index in [1.165, 1.54) is 0 Å². The van der Waals surface area contributed by atoms with Gasteiger partial charge in [-0.2, -0.15) is 0 Å². The summed E-state index contributed by atoms with van der Waals surface area (Å²) in [6.45, 7) is 1.13. The third kappa shape index (κ3) is 5.54. The van der Waals surface area contributed by atoms with Crippen molar-refractivity contribution in [3.63, 3.8) is 0 Å². The maximum absolute atomic E-state index is 6.05. The van der Waals surface area contributed by atoms with Crippen molar-refractivity contribution < 1.29 is 4.74 Å². The minimum absolute atomic E-state index is 0. The van der Waals surface area contributed by atoms with Gasteiger partial charge in [-0.3, -0.25) is 10.3 Å². The molecule has 0 radical (unpaired) electrons. The van der Waals surface area contributed by atoms with Gasteiger partial charge in [-0.1, -0.05) is 54.1 Å². The van der Waals surface area contributed by atoms with Gasteiger partial charge in [0, 0.05) is 13.0 Å². The molecule has 3 rings (SSSR count). The zero-order valence-electron chi connectivity index (χ0n) is 14.1. The van der Waals surface area contributed by atoms with Crippen molar-refractivity contribution in [1.82, 2.24) is 10.6 Å². The summed E-state index contributed by atoms with van der Waals surface area (Å²) in [5.41, 5.74) is 6.88. The number of nitrogens with zero attached hydrogens (tertiary/aromatic N) is 2. The fourth-order valence-electron chi connectivity index (χ4n) is 2.37. The van der Waals surface area contributed by atoms with Gasteiger partial charge >= 0.3 is 0 Å². The Morgan fingerprint density at radius 3 is 2.62 bits per heavy atom. The molecule has 1 aliphatic rings. The zero-order valence-corrected chi connectivity index (χ0v) is 15.6. The Morgan fingerprint density at radius 2 is 1.85 bits per heavy atom. The van der Waals surface area contributed by atoms with E-state index in [4.69, 9.17) is 22.1 Å². The molecule has 1 atom stereocenters. The lowest BCUT2D eigenvalue weighted by atomic mass is 10.2.